The van der Waals surface area contributed by atoms with Gasteiger partial charge in [-0.1, -0.05) is 12.5 Å². The topological polar surface area (TPSA) is 90.5 Å². The molecule has 8 nitrogen and oxygen atoms in total. The van der Waals surface area contributed by atoms with E-state index in [-0.39, 0.29) is 18.1 Å². The van der Waals surface area contributed by atoms with Crippen molar-refractivity contribution in [1.82, 2.24) is 19.7 Å². The predicted molar refractivity (Wildman–Crippen MR) is 104 cm³/mol. The van der Waals surface area contributed by atoms with Gasteiger partial charge >= 0.3 is 0 Å². The third kappa shape index (κ3) is 4.10. The number of nitrogens with one attached hydrogen (secondary N) is 1. The highest BCUT2D eigenvalue weighted by Gasteiger charge is 2.27. The molecule has 3 N–H and O–H groups in total. The summed E-state index contributed by atoms with van der Waals surface area (Å²) in [7, 11) is 1.80. The summed E-state index contributed by atoms with van der Waals surface area (Å²) in [6.07, 6.45) is 3.81. The zero-order valence-corrected chi connectivity index (χ0v) is 16.0. The second kappa shape index (κ2) is 7.64. The van der Waals surface area contributed by atoms with Crippen molar-refractivity contribution in [3.63, 3.8) is 0 Å². The minimum absolute atomic E-state index is 0.00815. The Morgan fingerprint density at radius 2 is 2.07 bits per heavy atom. The number of rotatable bonds is 5. The Bertz CT molecular complexity index is 787. The second-order valence-corrected chi connectivity index (χ2v) is 7.44. The van der Waals surface area contributed by atoms with E-state index in [0.29, 0.717) is 12.6 Å². The molecule has 3 heterocycles. The van der Waals surface area contributed by atoms with Crippen molar-refractivity contribution in [2.24, 2.45) is 7.05 Å². The number of benzene rings is 1. The van der Waals surface area contributed by atoms with Gasteiger partial charge in [-0.05, 0) is 50.6 Å². The van der Waals surface area contributed by atoms with Crippen LogP contribution in [0, 0.1) is 0 Å². The molecular formula is C19H28N6O2. The Balaban J connectivity index is 1.41. The van der Waals surface area contributed by atoms with Crippen molar-refractivity contribution in [1.29, 1.82) is 0 Å². The maximum Gasteiger partial charge on any atom is 0.241 e. The fraction of sp³-hybridized carbons (Fsp3) is 0.579. The zero-order valence-electron chi connectivity index (χ0n) is 16.0. The number of likely N-dealkylation sites (tertiary alicyclic amines) is 1. The first-order valence-electron chi connectivity index (χ1n) is 9.66. The smallest absolute Gasteiger partial charge is 0.241 e. The van der Waals surface area contributed by atoms with Crippen LogP contribution in [-0.2, 0) is 13.6 Å². The summed E-state index contributed by atoms with van der Waals surface area (Å²) in [6, 6.07) is 6.27. The van der Waals surface area contributed by atoms with Crippen LogP contribution in [0.3, 0.4) is 0 Å². The molecule has 146 valence electrons. The number of ether oxygens (including phenoxy) is 2. The molecule has 2 atom stereocenters. The first kappa shape index (κ1) is 17.9. The van der Waals surface area contributed by atoms with Crippen molar-refractivity contribution in [2.75, 3.05) is 30.7 Å². The van der Waals surface area contributed by atoms with Gasteiger partial charge in [0.25, 0.3) is 0 Å². The number of nitrogen functional groups attached to an aromatic ring is 1. The van der Waals surface area contributed by atoms with Crippen LogP contribution < -0.4 is 20.5 Å². The summed E-state index contributed by atoms with van der Waals surface area (Å²) < 4.78 is 13.8. The summed E-state index contributed by atoms with van der Waals surface area (Å²) in [5, 5.41) is 7.36. The number of nitrogens with two attached hydrogens (primary N) is 1. The maximum absolute atomic E-state index is 6.25. The van der Waals surface area contributed by atoms with E-state index in [1.165, 1.54) is 37.9 Å². The monoisotopic (exact) mass is 372 g/mol. The predicted octanol–water partition coefficient (Wildman–Crippen LogP) is 2.02. The first-order valence-corrected chi connectivity index (χ1v) is 9.66. The summed E-state index contributed by atoms with van der Waals surface area (Å²) in [5.74, 6) is 2.49. The Labute approximate surface area is 159 Å². The molecule has 0 bridgehead atoms. The van der Waals surface area contributed by atoms with E-state index in [4.69, 9.17) is 15.2 Å². The van der Waals surface area contributed by atoms with Gasteiger partial charge in [0.2, 0.25) is 11.9 Å². The highest BCUT2D eigenvalue weighted by atomic mass is 16.6. The van der Waals surface area contributed by atoms with Crippen LogP contribution in [0.4, 0.5) is 11.9 Å². The molecule has 2 aromatic rings. The molecule has 1 fully saturated rings. The van der Waals surface area contributed by atoms with E-state index in [1.54, 1.807) is 11.7 Å². The van der Waals surface area contributed by atoms with Crippen molar-refractivity contribution >= 4 is 11.9 Å². The van der Waals surface area contributed by atoms with E-state index in [0.717, 1.165) is 18.0 Å². The van der Waals surface area contributed by atoms with Gasteiger partial charge in [0, 0.05) is 13.6 Å². The van der Waals surface area contributed by atoms with Crippen molar-refractivity contribution < 1.29 is 9.47 Å². The summed E-state index contributed by atoms with van der Waals surface area (Å²) in [6.45, 7) is 5.85. The molecule has 0 amide bonds. The van der Waals surface area contributed by atoms with E-state index in [1.807, 2.05) is 13.0 Å². The molecule has 0 radical (unpaired) electrons. The van der Waals surface area contributed by atoms with Gasteiger partial charge in [-0.3, -0.25) is 4.90 Å². The summed E-state index contributed by atoms with van der Waals surface area (Å²) >= 11 is 0. The Morgan fingerprint density at radius 3 is 2.81 bits per heavy atom. The lowest BCUT2D eigenvalue weighted by Crippen LogP contribution is -2.42. The second-order valence-electron chi connectivity index (χ2n) is 7.44. The molecule has 8 heteroatoms. The van der Waals surface area contributed by atoms with E-state index in [2.05, 4.69) is 32.4 Å². The normalized spacial score (nSPS) is 21.0. The van der Waals surface area contributed by atoms with Crippen molar-refractivity contribution in [2.45, 2.75) is 44.9 Å². The number of hydrogen-bond donors (Lipinski definition) is 2. The largest absolute Gasteiger partial charge is 0.486 e. The first-order chi connectivity index (χ1) is 13.1. The van der Waals surface area contributed by atoms with Gasteiger partial charge in [-0.2, -0.15) is 4.98 Å². The number of fused-ring (bicyclic) bond motifs is 1. The average Bonchev–Trinajstić information content (AvgIpc) is 2.99. The van der Waals surface area contributed by atoms with E-state index in [9.17, 15) is 0 Å². The fourth-order valence-electron chi connectivity index (χ4n) is 3.68. The average molecular weight is 372 g/mol. The number of nitrogens with zero attached hydrogens (tertiary/aromatic N) is 4. The van der Waals surface area contributed by atoms with Crippen LogP contribution in [-0.4, -0.2) is 51.5 Å². The van der Waals surface area contributed by atoms with Crippen LogP contribution in [0.2, 0.25) is 0 Å². The molecule has 1 aromatic carbocycles. The van der Waals surface area contributed by atoms with Gasteiger partial charge in [0.05, 0.1) is 6.04 Å². The quantitative estimate of drug-likeness (QED) is 0.830. The third-order valence-corrected chi connectivity index (χ3v) is 5.24. The Morgan fingerprint density at radius 1 is 1.26 bits per heavy atom. The van der Waals surface area contributed by atoms with Crippen molar-refractivity contribution in [3.8, 4) is 11.5 Å². The summed E-state index contributed by atoms with van der Waals surface area (Å²) in [4.78, 5) is 6.69. The van der Waals surface area contributed by atoms with Crippen LogP contribution in [0.5, 0.6) is 11.5 Å². The zero-order chi connectivity index (χ0) is 18.8. The highest BCUT2D eigenvalue weighted by molar-refractivity contribution is 5.44. The molecule has 27 heavy (non-hydrogen) atoms. The minimum atomic E-state index is -0.124. The number of aryl methyl sites for hydroxylation is 1. The molecule has 2 aliphatic rings. The van der Waals surface area contributed by atoms with E-state index >= 15 is 0 Å². The molecule has 0 saturated carbocycles. The van der Waals surface area contributed by atoms with Crippen LogP contribution in [0.15, 0.2) is 18.2 Å². The number of hydrogen-bond acceptors (Lipinski definition) is 7. The van der Waals surface area contributed by atoms with Crippen LogP contribution in [0.25, 0.3) is 0 Å². The molecule has 0 spiro atoms. The fourth-order valence-corrected chi connectivity index (χ4v) is 3.68. The minimum Gasteiger partial charge on any atom is -0.486 e. The van der Waals surface area contributed by atoms with Gasteiger partial charge in [0.1, 0.15) is 6.61 Å². The van der Waals surface area contributed by atoms with E-state index < -0.39 is 0 Å². The molecule has 2 aliphatic heterocycles. The molecular weight excluding hydrogens is 344 g/mol. The standard InChI is InChI=1S/C19H28N6O2/c1-13(21-19-22-18(20)23-24(19)2)17-12-26-15-7-6-14(10-16(15)27-17)11-25-8-4-3-5-9-25/h6-7,10,13,17H,3-5,8-9,11-12H2,1-2H3,(H3,20,21,22,23). The lowest BCUT2D eigenvalue weighted by molar-refractivity contribution is 0.0803. The van der Waals surface area contributed by atoms with Gasteiger partial charge in [-0.25, -0.2) is 4.68 Å². The lowest BCUT2D eigenvalue weighted by atomic mass is 10.1. The van der Waals surface area contributed by atoms with Gasteiger partial charge in [-0.15, -0.1) is 5.10 Å². The third-order valence-electron chi connectivity index (χ3n) is 5.24. The summed E-state index contributed by atoms with van der Waals surface area (Å²) in [5.41, 5.74) is 6.91. The highest BCUT2D eigenvalue weighted by Crippen LogP contribution is 2.34. The Hall–Kier alpha value is -2.48. The molecule has 2 unspecified atom stereocenters. The van der Waals surface area contributed by atoms with Crippen molar-refractivity contribution in [3.05, 3.63) is 23.8 Å². The maximum atomic E-state index is 6.25. The van der Waals surface area contributed by atoms with Crippen LogP contribution in [0.1, 0.15) is 31.7 Å². The SMILES string of the molecule is CC(Nc1nc(N)nn1C)C1COc2ccc(CN3CCCCC3)cc2O1. The number of anilines is 2. The number of aromatic nitrogens is 3. The molecule has 1 saturated heterocycles. The number of piperidine rings is 1. The molecule has 1 aromatic heterocycles. The Kier molecular flexibility index (Phi) is 5.07. The lowest BCUT2D eigenvalue weighted by Gasteiger charge is -2.32. The molecule has 4 rings (SSSR count). The molecule has 0 aliphatic carbocycles. The van der Waals surface area contributed by atoms with Gasteiger partial charge < -0.3 is 20.5 Å². The van der Waals surface area contributed by atoms with Crippen LogP contribution >= 0.6 is 0 Å². The van der Waals surface area contributed by atoms with Gasteiger partial charge in [0.15, 0.2) is 17.6 Å².